The Morgan fingerprint density at radius 2 is 2.50 bits per heavy atom. The van der Waals surface area contributed by atoms with Crippen LogP contribution in [-0.4, -0.2) is 15.5 Å². The number of rotatable bonds is 1. The summed E-state index contributed by atoms with van der Waals surface area (Å²) in [5, 5.41) is 0. The topological polar surface area (TPSA) is 0 Å². The summed E-state index contributed by atoms with van der Waals surface area (Å²) >= 11 is 0. The van der Waals surface area contributed by atoms with Crippen LogP contribution >= 0.6 is 0 Å². The van der Waals surface area contributed by atoms with Crippen LogP contribution in [0.15, 0.2) is 23.8 Å². The number of hydrogen-bond acceptors (Lipinski definition) is 0. The Labute approximate surface area is 53.0 Å². The second-order valence-electron chi connectivity index (χ2n) is 1.91. The number of hydrogen-bond donors (Lipinski definition) is 0. The van der Waals surface area contributed by atoms with Crippen LogP contribution in [0.25, 0.3) is 0 Å². The van der Waals surface area contributed by atoms with Crippen LogP contribution in [-0.2, 0) is 0 Å². The van der Waals surface area contributed by atoms with E-state index in [1.807, 2.05) is 9.85 Å². The summed E-state index contributed by atoms with van der Waals surface area (Å²) in [6, 6.07) is 0. The standard InChI is InChI=1S/C7H10Si/c8-6-7-4-2-1-3-5-7/h1-2,4,6H,3,5,8H2. The molecule has 0 aromatic rings. The maximum Gasteiger partial charge on any atom is -0.0232 e. The molecule has 0 heterocycles. The fourth-order valence-electron chi connectivity index (χ4n) is 0.791. The molecule has 0 aromatic carbocycles. The second kappa shape index (κ2) is 2.77. The van der Waals surface area contributed by atoms with Gasteiger partial charge in [0.1, 0.15) is 0 Å². The molecule has 0 bridgehead atoms. The molecule has 1 aliphatic rings. The third kappa shape index (κ3) is 1.27. The Hall–Kier alpha value is -0.433. The van der Waals surface area contributed by atoms with E-state index >= 15 is 0 Å². The molecule has 0 saturated carbocycles. The quantitative estimate of drug-likeness (QED) is 0.449. The lowest BCUT2D eigenvalue weighted by Crippen LogP contribution is -1.87. The molecule has 0 N–H and O–H groups in total. The summed E-state index contributed by atoms with van der Waals surface area (Å²) in [7, 11) is 1.91. The highest BCUT2D eigenvalue weighted by Gasteiger charge is 1.90. The highest BCUT2D eigenvalue weighted by molar-refractivity contribution is 6.32. The highest BCUT2D eigenvalue weighted by Crippen LogP contribution is 2.07. The Morgan fingerprint density at radius 1 is 1.62 bits per heavy atom. The zero-order chi connectivity index (χ0) is 5.82. The lowest BCUT2D eigenvalue weighted by atomic mass is 10.1. The summed E-state index contributed by atoms with van der Waals surface area (Å²) in [6.45, 7) is 0. The van der Waals surface area contributed by atoms with Gasteiger partial charge in [-0.2, -0.15) is 0 Å². The lowest BCUT2D eigenvalue weighted by molar-refractivity contribution is 1.01. The smallest absolute Gasteiger partial charge is 0.0232 e. The average Bonchev–Trinajstić information content (AvgIpc) is 1.90. The molecule has 42 valence electrons. The summed E-state index contributed by atoms with van der Waals surface area (Å²) in [5.74, 6) is 0. The average molecular weight is 122 g/mol. The lowest BCUT2D eigenvalue weighted by Gasteiger charge is -2.00. The van der Waals surface area contributed by atoms with Crippen LogP contribution in [0.4, 0.5) is 0 Å². The first-order chi connectivity index (χ1) is 3.93. The first-order valence-corrected chi connectivity index (χ1v) is 3.73. The Balaban J connectivity index is 2.63. The fourth-order valence-corrected chi connectivity index (χ4v) is 1.13. The SMILES string of the molecule is [SiH2]=CC1=CC=CCC1. The van der Waals surface area contributed by atoms with E-state index in [2.05, 4.69) is 23.9 Å². The predicted octanol–water partition coefficient (Wildman–Crippen LogP) is 0.698. The minimum atomic E-state index is 1.22. The molecule has 1 aliphatic carbocycles. The summed E-state index contributed by atoms with van der Waals surface area (Å²) in [6.07, 6.45) is 8.97. The minimum Gasteiger partial charge on any atom is -0.0852 e. The summed E-state index contributed by atoms with van der Waals surface area (Å²) < 4.78 is 0. The van der Waals surface area contributed by atoms with Gasteiger partial charge in [0.15, 0.2) is 0 Å². The van der Waals surface area contributed by atoms with Crippen LogP contribution in [0.3, 0.4) is 0 Å². The van der Waals surface area contributed by atoms with E-state index in [0.717, 1.165) is 0 Å². The van der Waals surface area contributed by atoms with E-state index in [1.54, 1.807) is 0 Å². The van der Waals surface area contributed by atoms with Crippen LogP contribution in [0.2, 0.25) is 0 Å². The van der Waals surface area contributed by atoms with Crippen LogP contribution in [0, 0.1) is 0 Å². The zero-order valence-electron chi connectivity index (χ0n) is 4.93. The van der Waals surface area contributed by atoms with Gasteiger partial charge in [-0.15, -0.1) is 0 Å². The summed E-state index contributed by atoms with van der Waals surface area (Å²) in [4.78, 5) is 0. The highest BCUT2D eigenvalue weighted by atomic mass is 28.1. The van der Waals surface area contributed by atoms with Crippen molar-refractivity contribution in [2.45, 2.75) is 12.8 Å². The van der Waals surface area contributed by atoms with Crippen molar-refractivity contribution in [3.8, 4) is 0 Å². The minimum absolute atomic E-state index is 1.22. The molecule has 1 heteroatoms. The van der Waals surface area contributed by atoms with Gasteiger partial charge in [-0.05, 0) is 22.7 Å². The van der Waals surface area contributed by atoms with Crippen LogP contribution < -0.4 is 0 Å². The Bertz CT molecular complexity index is 142. The molecule has 0 nitrogen and oxygen atoms in total. The molecule has 0 unspecified atom stereocenters. The third-order valence-corrected chi connectivity index (χ3v) is 1.83. The van der Waals surface area contributed by atoms with Crippen LogP contribution in [0.1, 0.15) is 12.8 Å². The molecule has 0 atom stereocenters. The van der Waals surface area contributed by atoms with Crippen molar-refractivity contribution in [2.24, 2.45) is 0 Å². The van der Waals surface area contributed by atoms with Gasteiger partial charge in [0.25, 0.3) is 0 Å². The molecular formula is C7H10Si. The molecule has 0 fully saturated rings. The van der Waals surface area contributed by atoms with Gasteiger partial charge >= 0.3 is 0 Å². The molecule has 0 saturated heterocycles. The molecule has 0 amide bonds. The van der Waals surface area contributed by atoms with E-state index in [9.17, 15) is 0 Å². The third-order valence-electron chi connectivity index (χ3n) is 1.31. The van der Waals surface area contributed by atoms with Gasteiger partial charge in [-0.3, -0.25) is 0 Å². The molecule has 0 aliphatic heterocycles. The normalized spacial score (nSPS) is 17.8. The monoisotopic (exact) mass is 122 g/mol. The predicted molar refractivity (Wildman–Crippen MR) is 41.1 cm³/mol. The molecule has 1 rings (SSSR count). The number of allylic oxidation sites excluding steroid dienone is 4. The van der Waals surface area contributed by atoms with Crippen molar-refractivity contribution in [3.05, 3.63) is 23.8 Å². The van der Waals surface area contributed by atoms with Crippen LogP contribution in [0.5, 0.6) is 0 Å². The van der Waals surface area contributed by atoms with Gasteiger partial charge in [-0.1, -0.05) is 29.5 Å². The van der Waals surface area contributed by atoms with Crippen molar-refractivity contribution >= 4 is 15.5 Å². The zero-order valence-corrected chi connectivity index (χ0v) is 6.34. The Morgan fingerprint density at radius 3 is 2.88 bits per heavy atom. The first kappa shape index (κ1) is 5.70. The van der Waals surface area contributed by atoms with E-state index < -0.39 is 0 Å². The Kier molecular flexibility index (Phi) is 1.98. The van der Waals surface area contributed by atoms with Gasteiger partial charge < -0.3 is 0 Å². The van der Waals surface area contributed by atoms with E-state index in [0.29, 0.717) is 0 Å². The first-order valence-electron chi connectivity index (χ1n) is 2.91. The molecule has 8 heavy (non-hydrogen) atoms. The molecule has 0 spiro atoms. The molecule has 0 radical (unpaired) electrons. The maximum atomic E-state index is 2.20. The van der Waals surface area contributed by atoms with E-state index in [1.165, 1.54) is 18.4 Å². The van der Waals surface area contributed by atoms with Crippen molar-refractivity contribution in [3.63, 3.8) is 0 Å². The molecule has 0 aromatic heterocycles. The van der Waals surface area contributed by atoms with Crippen molar-refractivity contribution in [1.82, 2.24) is 0 Å². The van der Waals surface area contributed by atoms with Gasteiger partial charge in [0.05, 0.1) is 0 Å². The van der Waals surface area contributed by atoms with Crippen molar-refractivity contribution in [1.29, 1.82) is 0 Å². The van der Waals surface area contributed by atoms with E-state index in [-0.39, 0.29) is 0 Å². The van der Waals surface area contributed by atoms with Crippen molar-refractivity contribution in [2.75, 3.05) is 0 Å². The summed E-state index contributed by atoms with van der Waals surface area (Å²) in [5.41, 5.74) is 3.68. The van der Waals surface area contributed by atoms with E-state index in [4.69, 9.17) is 0 Å². The molecular weight excluding hydrogens is 112 g/mol. The van der Waals surface area contributed by atoms with Gasteiger partial charge in [0, 0.05) is 0 Å². The second-order valence-corrected chi connectivity index (χ2v) is 2.32. The van der Waals surface area contributed by atoms with Crippen molar-refractivity contribution < 1.29 is 0 Å². The van der Waals surface area contributed by atoms with Gasteiger partial charge in [0.2, 0.25) is 0 Å². The van der Waals surface area contributed by atoms with Gasteiger partial charge in [-0.25, -0.2) is 0 Å². The fraction of sp³-hybridized carbons (Fsp3) is 0.286. The largest absolute Gasteiger partial charge is 0.0852 e. The maximum absolute atomic E-state index is 2.20.